The van der Waals surface area contributed by atoms with Gasteiger partial charge in [-0.25, -0.2) is 4.39 Å². The summed E-state index contributed by atoms with van der Waals surface area (Å²) in [7, 11) is 2.96. The molecule has 1 amide bonds. The van der Waals surface area contributed by atoms with Gasteiger partial charge in [-0.05, 0) is 43.7 Å². The number of carbonyl (C=O) groups is 1. The summed E-state index contributed by atoms with van der Waals surface area (Å²) in [6, 6.07) is 9.69. The van der Waals surface area contributed by atoms with E-state index in [0.717, 1.165) is 0 Å². The first-order chi connectivity index (χ1) is 12.0. The second kappa shape index (κ2) is 8.37. The Balaban J connectivity index is 2.12. The van der Waals surface area contributed by atoms with Crippen molar-refractivity contribution in [2.45, 2.75) is 26.5 Å². The molecule has 0 aliphatic rings. The monoisotopic (exact) mass is 347 g/mol. The summed E-state index contributed by atoms with van der Waals surface area (Å²) in [6.45, 7) is 3.82. The number of methoxy groups -OCH3 is 2. The largest absolute Gasteiger partial charge is 0.496 e. The molecule has 0 saturated heterocycles. The van der Waals surface area contributed by atoms with E-state index in [9.17, 15) is 9.18 Å². The van der Waals surface area contributed by atoms with Gasteiger partial charge >= 0.3 is 0 Å². The van der Waals surface area contributed by atoms with Crippen molar-refractivity contribution in [3.05, 3.63) is 53.3 Å². The molecule has 0 spiro atoms. The summed E-state index contributed by atoms with van der Waals surface area (Å²) in [4.78, 5) is 12.5. The van der Waals surface area contributed by atoms with Crippen molar-refractivity contribution < 1.29 is 23.4 Å². The van der Waals surface area contributed by atoms with Gasteiger partial charge in [-0.3, -0.25) is 4.79 Å². The van der Waals surface area contributed by atoms with Crippen molar-refractivity contribution >= 4 is 5.91 Å². The molecular formula is C19H22FNO4. The topological polar surface area (TPSA) is 56.8 Å². The Morgan fingerprint density at radius 1 is 1.08 bits per heavy atom. The predicted molar refractivity (Wildman–Crippen MR) is 92.9 cm³/mol. The zero-order chi connectivity index (χ0) is 18.4. The zero-order valence-electron chi connectivity index (χ0n) is 14.8. The molecule has 2 aromatic rings. The van der Waals surface area contributed by atoms with Crippen LogP contribution < -0.4 is 19.5 Å². The highest BCUT2D eigenvalue weighted by Crippen LogP contribution is 2.28. The van der Waals surface area contributed by atoms with E-state index in [1.807, 2.05) is 13.8 Å². The molecule has 5 nitrogen and oxygen atoms in total. The number of ether oxygens (including phenoxy) is 3. The van der Waals surface area contributed by atoms with Crippen LogP contribution in [0.5, 0.6) is 17.2 Å². The van der Waals surface area contributed by atoms with Crippen LogP contribution in [0.2, 0.25) is 0 Å². The fraction of sp³-hybridized carbons (Fsp3) is 0.316. The van der Waals surface area contributed by atoms with E-state index in [1.165, 1.54) is 20.3 Å². The molecule has 6 heteroatoms. The van der Waals surface area contributed by atoms with Gasteiger partial charge in [0.2, 0.25) is 0 Å². The lowest BCUT2D eigenvalue weighted by atomic mass is 10.1. The lowest BCUT2D eigenvalue weighted by Crippen LogP contribution is -2.24. The van der Waals surface area contributed by atoms with Gasteiger partial charge in [0.05, 0.1) is 20.3 Å². The van der Waals surface area contributed by atoms with E-state index < -0.39 is 5.82 Å². The molecule has 134 valence electrons. The van der Waals surface area contributed by atoms with Crippen molar-refractivity contribution in [1.29, 1.82) is 0 Å². The molecule has 0 unspecified atom stereocenters. The predicted octanol–water partition coefficient (Wildman–Crippen LogP) is 3.56. The summed E-state index contributed by atoms with van der Waals surface area (Å²) in [5, 5.41) is 2.75. The maximum atomic E-state index is 14.0. The third kappa shape index (κ3) is 4.62. The number of hydrogen-bond donors (Lipinski definition) is 1. The van der Waals surface area contributed by atoms with Crippen molar-refractivity contribution in [2.24, 2.45) is 0 Å². The highest BCUT2D eigenvalue weighted by molar-refractivity contribution is 5.99. The molecule has 0 saturated carbocycles. The number of carbonyl (C=O) groups excluding carboxylic acids is 1. The van der Waals surface area contributed by atoms with Crippen molar-refractivity contribution in [2.75, 3.05) is 14.2 Å². The van der Waals surface area contributed by atoms with Crippen LogP contribution in [0.3, 0.4) is 0 Å². The van der Waals surface area contributed by atoms with E-state index in [2.05, 4.69) is 5.32 Å². The van der Waals surface area contributed by atoms with Gasteiger partial charge in [0.25, 0.3) is 5.91 Å². The molecule has 0 aliphatic carbocycles. The Hall–Kier alpha value is -2.76. The first-order valence-electron chi connectivity index (χ1n) is 7.90. The fourth-order valence-electron chi connectivity index (χ4n) is 2.35. The Kier molecular flexibility index (Phi) is 6.22. The SMILES string of the molecule is COc1cccc(OC)c1C(=O)NCc1ccc(OC(C)C)c(F)c1. The van der Waals surface area contributed by atoms with E-state index in [4.69, 9.17) is 14.2 Å². The summed E-state index contributed by atoms with van der Waals surface area (Å²) in [5.41, 5.74) is 0.920. The normalized spacial score (nSPS) is 10.5. The third-order valence-electron chi connectivity index (χ3n) is 3.47. The number of nitrogens with one attached hydrogen (secondary N) is 1. The van der Waals surface area contributed by atoms with Crippen LogP contribution in [0.15, 0.2) is 36.4 Å². The quantitative estimate of drug-likeness (QED) is 0.832. The van der Waals surface area contributed by atoms with Gasteiger partial charge in [0, 0.05) is 6.54 Å². The van der Waals surface area contributed by atoms with Crippen molar-refractivity contribution in [3.63, 3.8) is 0 Å². The molecule has 0 radical (unpaired) electrons. The van der Waals surface area contributed by atoms with Gasteiger partial charge in [-0.1, -0.05) is 12.1 Å². The minimum Gasteiger partial charge on any atom is -0.496 e. The van der Waals surface area contributed by atoms with E-state index >= 15 is 0 Å². The number of amides is 1. The summed E-state index contributed by atoms with van der Waals surface area (Å²) >= 11 is 0. The van der Waals surface area contributed by atoms with Crippen LogP contribution in [0.25, 0.3) is 0 Å². The van der Waals surface area contributed by atoms with Crippen molar-refractivity contribution in [1.82, 2.24) is 5.32 Å². The molecular weight excluding hydrogens is 325 g/mol. The van der Waals surface area contributed by atoms with E-state index in [-0.39, 0.29) is 24.3 Å². The molecule has 0 heterocycles. The van der Waals surface area contributed by atoms with Gasteiger partial charge in [-0.15, -0.1) is 0 Å². The van der Waals surface area contributed by atoms with Crippen LogP contribution in [0, 0.1) is 5.82 Å². The first-order valence-corrected chi connectivity index (χ1v) is 7.90. The number of halogens is 1. The first kappa shape index (κ1) is 18.6. The van der Waals surface area contributed by atoms with E-state index in [0.29, 0.717) is 22.6 Å². The summed E-state index contributed by atoms with van der Waals surface area (Å²) < 4.78 is 29.8. The molecule has 2 rings (SSSR count). The number of rotatable bonds is 7. The average molecular weight is 347 g/mol. The average Bonchev–Trinajstić information content (AvgIpc) is 2.60. The second-order valence-electron chi connectivity index (χ2n) is 5.65. The lowest BCUT2D eigenvalue weighted by Gasteiger charge is -2.14. The van der Waals surface area contributed by atoms with Gasteiger partial charge in [0.1, 0.15) is 17.1 Å². The molecule has 0 aliphatic heterocycles. The maximum absolute atomic E-state index is 14.0. The molecule has 25 heavy (non-hydrogen) atoms. The van der Waals surface area contributed by atoms with Crippen LogP contribution in [0.4, 0.5) is 4.39 Å². The minimum absolute atomic E-state index is 0.113. The molecule has 0 bridgehead atoms. The summed E-state index contributed by atoms with van der Waals surface area (Å²) in [5.74, 6) is 0.177. The van der Waals surface area contributed by atoms with Gasteiger partial charge < -0.3 is 19.5 Å². The zero-order valence-corrected chi connectivity index (χ0v) is 14.8. The molecule has 0 fully saturated rings. The van der Waals surface area contributed by atoms with Crippen molar-refractivity contribution in [3.8, 4) is 17.2 Å². The third-order valence-corrected chi connectivity index (χ3v) is 3.47. The Bertz CT molecular complexity index is 724. The maximum Gasteiger partial charge on any atom is 0.259 e. The Labute approximate surface area is 146 Å². The Morgan fingerprint density at radius 3 is 2.24 bits per heavy atom. The smallest absolute Gasteiger partial charge is 0.259 e. The van der Waals surface area contributed by atoms with Crippen LogP contribution in [0.1, 0.15) is 29.8 Å². The van der Waals surface area contributed by atoms with Gasteiger partial charge in [-0.2, -0.15) is 0 Å². The highest BCUT2D eigenvalue weighted by Gasteiger charge is 2.18. The molecule has 2 aromatic carbocycles. The van der Waals surface area contributed by atoms with Crippen LogP contribution in [-0.2, 0) is 6.54 Å². The minimum atomic E-state index is -0.463. The number of hydrogen-bond acceptors (Lipinski definition) is 4. The summed E-state index contributed by atoms with van der Waals surface area (Å²) in [6.07, 6.45) is -0.113. The standard InChI is InChI=1S/C19H22FNO4/c1-12(2)25-15-9-8-13(10-14(15)20)11-21-19(22)18-16(23-3)6-5-7-17(18)24-4/h5-10,12H,11H2,1-4H3,(H,21,22). The fourth-order valence-corrected chi connectivity index (χ4v) is 2.35. The number of benzene rings is 2. The van der Waals surface area contributed by atoms with Gasteiger partial charge in [0.15, 0.2) is 11.6 Å². The highest BCUT2D eigenvalue weighted by atomic mass is 19.1. The Morgan fingerprint density at radius 2 is 1.72 bits per heavy atom. The molecule has 0 aromatic heterocycles. The molecule has 0 atom stereocenters. The van der Waals surface area contributed by atoms with E-state index in [1.54, 1.807) is 30.3 Å². The van der Waals surface area contributed by atoms with Crippen LogP contribution >= 0.6 is 0 Å². The second-order valence-corrected chi connectivity index (χ2v) is 5.65. The lowest BCUT2D eigenvalue weighted by molar-refractivity contribution is 0.0944. The molecule has 1 N–H and O–H groups in total. The van der Waals surface area contributed by atoms with Crippen LogP contribution in [-0.4, -0.2) is 26.2 Å².